The quantitative estimate of drug-likeness (QED) is 0.768. The Morgan fingerprint density at radius 3 is 2.21 bits per heavy atom. The molecule has 0 saturated heterocycles. The summed E-state index contributed by atoms with van der Waals surface area (Å²) in [6.45, 7) is 3.76. The first-order chi connectivity index (χ1) is 11.1. The van der Waals surface area contributed by atoms with E-state index < -0.39 is 10.0 Å². The predicted octanol–water partition coefficient (Wildman–Crippen LogP) is 1.67. The molecule has 7 nitrogen and oxygen atoms in total. The highest BCUT2D eigenvalue weighted by Gasteiger charge is 2.22. The molecule has 0 atom stereocenters. The number of sulfonamides is 1. The summed E-state index contributed by atoms with van der Waals surface area (Å²) in [6, 6.07) is 6.32. The van der Waals surface area contributed by atoms with Gasteiger partial charge in [0, 0.05) is 26.2 Å². The van der Waals surface area contributed by atoms with Crippen LogP contribution in [0.15, 0.2) is 24.3 Å². The SMILES string of the molecule is CCCCN(C)C(=O)CN(c1ccc(NC(C)=O)cc1)S(C)(=O)=O. The molecule has 0 spiro atoms. The van der Waals surface area contributed by atoms with E-state index in [4.69, 9.17) is 0 Å². The van der Waals surface area contributed by atoms with Crippen molar-refractivity contribution in [2.24, 2.45) is 0 Å². The fraction of sp³-hybridized carbons (Fsp3) is 0.500. The van der Waals surface area contributed by atoms with Crippen LogP contribution < -0.4 is 9.62 Å². The normalized spacial score (nSPS) is 11.0. The molecule has 0 aliphatic heterocycles. The Kier molecular flexibility index (Phi) is 7.21. The van der Waals surface area contributed by atoms with Gasteiger partial charge in [-0.25, -0.2) is 8.42 Å². The van der Waals surface area contributed by atoms with Gasteiger partial charge in [-0.15, -0.1) is 0 Å². The van der Waals surface area contributed by atoms with Gasteiger partial charge in [0.15, 0.2) is 0 Å². The van der Waals surface area contributed by atoms with Crippen molar-refractivity contribution >= 4 is 33.2 Å². The molecular formula is C16H25N3O4S. The fourth-order valence-corrected chi connectivity index (χ4v) is 2.93. The number of carbonyl (C=O) groups excluding carboxylic acids is 2. The number of hydrogen-bond acceptors (Lipinski definition) is 4. The van der Waals surface area contributed by atoms with Gasteiger partial charge in [-0.2, -0.15) is 0 Å². The van der Waals surface area contributed by atoms with E-state index in [0.717, 1.165) is 23.4 Å². The Labute approximate surface area is 143 Å². The zero-order valence-corrected chi connectivity index (χ0v) is 15.4. The average molecular weight is 355 g/mol. The molecule has 0 unspecified atom stereocenters. The van der Waals surface area contributed by atoms with E-state index in [1.165, 1.54) is 11.8 Å². The predicted molar refractivity (Wildman–Crippen MR) is 95.5 cm³/mol. The third-order valence-electron chi connectivity index (χ3n) is 3.43. The van der Waals surface area contributed by atoms with Crippen molar-refractivity contribution < 1.29 is 18.0 Å². The van der Waals surface area contributed by atoms with E-state index in [1.54, 1.807) is 31.3 Å². The molecule has 1 aromatic rings. The average Bonchev–Trinajstić information content (AvgIpc) is 2.49. The topological polar surface area (TPSA) is 86.8 Å². The van der Waals surface area contributed by atoms with Crippen molar-refractivity contribution in [2.45, 2.75) is 26.7 Å². The van der Waals surface area contributed by atoms with Crippen LogP contribution in [-0.2, 0) is 19.6 Å². The number of benzene rings is 1. The lowest BCUT2D eigenvalue weighted by Crippen LogP contribution is -2.41. The molecule has 8 heteroatoms. The Bertz CT molecular complexity index is 671. The second kappa shape index (κ2) is 8.68. The van der Waals surface area contributed by atoms with E-state index in [9.17, 15) is 18.0 Å². The molecule has 0 aliphatic carbocycles. The summed E-state index contributed by atoms with van der Waals surface area (Å²) in [4.78, 5) is 24.8. The first kappa shape index (κ1) is 20.0. The highest BCUT2D eigenvalue weighted by molar-refractivity contribution is 7.92. The number of rotatable bonds is 8. The maximum atomic E-state index is 12.3. The second-order valence-electron chi connectivity index (χ2n) is 5.67. The minimum absolute atomic E-state index is 0.213. The summed E-state index contributed by atoms with van der Waals surface area (Å²) >= 11 is 0. The van der Waals surface area contributed by atoms with Crippen LogP contribution in [-0.4, -0.2) is 51.5 Å². The smallest absolute Gasteiger partial charge is 0.243 e. The van der Waals surface area contributed by atoms with Crippen LogP contribution in [0.4, 0.5) is 11.4 Å². The Balaban J connectivity index is 2.94. The summed E-state index contributed by atoms with van der Waals surface area (Å²) in [5.41, 5.74) is 0.940. The van der Waals surface area contributed by atoms with E-state index in [-0.39, 0.29) is 18.4 Å². The Hall–Kier alpha value is -2.09. The van der Waals surface area contributed by atoms with E-state index in [2.05, 4.69) is 5.32 Å². The zero-order chi connectivity index (χ0) is 18.3. The Morgan fingerprint density at radius 1 is 1.17 bits per heavy atom. The number of amides is 2. The van der Waals surface area contributed by atoms with Crippen molar-refractivity contribution in [3.8, 4) is 0 Å². The molecule has 0 saturated carbocycles. The first-order valence-corrected chi connectivity index (χ1v) is 9.59. The van der Waals surface area contributed by atoms with Crippen LogP contribution in [0.25, 0.3) is 0 Å². The number of unbranched alkanes of at least 4 members (excludes halogenated alkanes) is 1. The van der Waals surface area contributed by atoms with Crippen LogP contribution in [0.5, 0.6) is 0 Å². The first-order valence-electron chi connectivity index (χ1n) is 7.74. The number of hydrogen-bond donors (Lipinski definition) is 1. The third kappa shape index (κ3) is 6.19. The summed E-state index contributed by atoms with van der Waals surface area (Å²) in [5, 5.41) is 2.61. The molecule has 2 amide bonds. The van der Waals surface area contributed by atoms with Crippen molar-refractivity contribution in [3.63, 3.8) is 0 Å². The highest BCUT2D eigenvalue weighted by Crippen LogP contribution is 2.20. The summed E-state index contributed by atoms with van der Waals surface area (Å²) in [5.74, 6) is -0.477. The number of carbonyl (C=O) groups is 2. The van der Waals surface area contributed by atoms with Crippen molar-refractivity contribution in [3.05, 3.63) is 24.3 Å². The van der Waals surface area contributed by atoms with Gasteiger partial charge in [0.1, 0.15) is 6.54 Å². The molecule has 1 rings (SSSR count). The van der Waals surface area contributed by atoms with E-state index in [1.807, 2.05) is 6.92 Å². The summed E-state index contributed by atoms with van der Waals surface area (Å²) in [6.07, 6.45) is 2.89. The third-order valence-corrected chi connectivity index (χ3v) is 4.57. The molecular weight excluding hydrogens is 330 g/mol. The maximum Gasteiger partial charge on any atom is 0.243 e. The molecule has 24 heavy (non-hydrogen) atoms. The van der Waals surface area contributed by atoms with Crippen LogP contribution in [0.1, 0.15) is 26.7 Å². The van der Waals surface area contributed by atoms with Crippen LogP contribution in [0.2, 0.25) is 0 Å². The van der Waals surface area contributed by atoms with Gasteiger partial charge in [-0.05, 0) is 30.7 Å². The molecule has 0 radical (unpaired) electrons. The fourth-order valence-electron chi connectivity index (χ4n) is 2.08. The molecule has 0 aromatic heterocycles. The minimum Gasteiger partial charge on any atom is -0.344 e. The number of nitrogens with zero attached hydrogens (tertiary/aromatic N) is 2. The van der Waals surface area contributed by atoms with Crippen LogP contribution in [0.3, 0.4) is 0 Å². The lowest BCUT2D eigenvalue weighted by molar-refractivity contribution is -0.128. The van der Waals surface area contributed by atoms with Crippen LogP contribution >= 0.6 is 0 Å². The molecule has 0 heterocycles. The molecule has 0 fully saturated rings. The van der Waals surface area contributed by atoms with Crippen LogP contribution in [0, 0.1) is 0 Å². The minimum atomic E-state index is -3.60. The standard InChI is InChI=1S/C16H25N3O4S/c1-5-6-11-18(3)16(21)12-19(24(4,22)23)15-9-7-14(8-10-15)17-13(2)20/h7-10H,5-6,11-12H2,1-4H3,(H,17,20). The lowest BCUT2D eigenvalue weighted by Gasteiger charge is -2.25. The van der Waals surface area contributed by atoms with Gasteiger partial charge in [0.05, 0.1) is 11.9 Å². The van der Waals surface area contributed by atoms with Crippen molar-refractivity contribution in [1.82, 2.24) is 4.90 Å². The maximum absolute atomic E-state index is 12.3. The largest absolute Gasteiger partial charge is 0.344 e. The molecule has 134 valence electrons. The Morgan fingerprint density at radius 2 is 1.75 bits per heavy atom. The number of anilines is 2. The summed E-state index contributed by atoms with van der Waals surface area (Å²) < 4.78 is 25.2. The van der Waals surface area contributed by atoms with Gasteiger partial charge >= 0.3 is 0 Å². The van der Waals surface area contributed by atoms with Crippen molar-refractivity contribution in [1.29, 1.82) is 0 Å². The van der Waals surface area contributed by atoms with Gasteiger partial charge in [-0.3, -0.25) is 13.9 Å². The van der Waals surface area contributed by atoms with E-state index >= 15 is 0 Å². The zero-order valence-electron chi connectivity index (χ0n) is 14.6. The summed E-state index contributed by atoms with van der Waals surface area (Å²) in [7, 11) is -1.94. The van der Waals surface area contributed by atoms with Gasteiger partial charge in [0.2, 0.25) is 21.8 Å². The lowest BCUT2D eigenvalue weighted by atomic mass is 10.2. The van der Waals surface area contributed by atoms with Gasteiger partial charge in [-0.1, -0.05) is 13.3 Å². The molecule has 0 bridgehead atoms. The second-order valence-corrected chi connectivity index (χ2v) is 7.57. The van der Waals surface area contributed by atoms with Gasteiger partial charge < -0.3 is 10.2 Å². The molecule has 1 aromatic carbocycles. The van der Waals surface area contributed by atoms with Gasteiger partial charge in [0.25, 0.3) is 0 Å². The van der Waals surface area contributed by atoms with Crippen molar-refractivity contribution in [2.75, 3.05) is 36.0 Å². The number of nitrogens with one attached hydrogen (secondary N) is 1. The highest BCUT2D eigenvalue weighted by atomic mass is 32.2. The van der Waals surface area contributed by atoms with E-state index in [0.29, 0.717) is 17.9 Å². The molecule has 1 N–H and O–H groups in total. The number of likely N-dealkylation sites (N-methyl/N-ethyl adjacent to an activating group) is 1. The molecule has 0 aliphatic rings. The monoisotopic (exact) mass is 355 g/mol.